The lowest BCUT2D eigenvalue weighted by molar-refractivity contribution is -0.115. The predicted molar refractivity (Wildman–Crippen MR) is 140 cm³/mol. The summed E-state index contributed by atoms with van der Waals surface area (Å²) in [5, 5.41) is 7.17. The van der Waals surface area contributed by atoms with Crippen molar-refractivity contribution in [3.63, 3.8) is 0 Å². The van der Waals surface area contributed by atoms with E-state index in [1.807, 2.05) is 12.1 Å². The molecule has 12 heteroatoms. The molecule has 2 aromatic heterocycles. The van der Waals surface area contributed by atoms with E-state index in [-0.39, 0.29) is 34.8 Å². The van der Waals surface area contributed by atoms with E-state index in [1.54, 1.807) is 13.1 Å². The minimum absolute atomic E-state index is 0.130. The Morgan fingerprint density at radius 3 is 2.49 bits per heavy atom. The van der Waals surface area contributed by atoms with Gasteiger partial charge >= 0.3 is 5.97 Å². The van der Waals surface area contributed by atoms with Crippen LogP contribution in [0.4, 0.5) is 5.82 Å². The number of anilines is 1. The zero-order chi connectivity index (χ0) is 26.5. The summed E-state index contributed by atoms with van der Waals surface area (Å²) in [7, 11) is 3.05. The van der Waals surface area contributed by atoms with E-state index < -0.39 is 0 Å². The van der Waals surface area contributed by atoms with Crippen LogP contribution in [0, 0.1) is 5.92 Å². The van der Waals surface area contributed by atoms with Crippen LogP contribution in [0.2, 0.25) is 0 Å². The predicted octanol–water partition coefficient (Wildman–Crippen LogP) is 4.47. The molecule has 2 N–H and O–H groups in total. The molecule has 0 unspecified atom stereocenters. The molecule has 2 heterocycles. The Bertz CT molecular complexity index is 1320. The first-order chi connectivity index (χ1) is 17.8. The Morgan fingerprint density at radius 1 is 1.08 bits per heavy atom. The van der Waals surface area contributed by atoms with Gasteiger partial charge in [0.1, 0.15) is 17.4 Å². The summed E-state index contributed by atoms with van der Waals surface area (Å²) >= 11 is 11.0. The number of aryl methyl sites for hydroxylation is 2. The molecule has 0 bridgehead atoms. The van der Waals surface area contributed by atoms with Crippen molar-refractivity contribution in [3.05, 3.63) is 46.9 Å². The maximum atomic E-state index is 12.9. The Kier molecular flexibility index (Phi) is 8.60. The summed E-state index contributed by atoms with van der Waals surface area (Å²) in [5.74, 6) is -0.0610. The standard InChI is InChI=1S/C18H17ClN6O3.C7H11ClO/c1-25-16(23-19)14-13(24-25)15(21-8-20-14)17(26)22-12-6-4-9-7-10(18(27)28-2)3-5-11(9)12;8-7(9)6-4-2-1-3-5-6/h3,5,7-8,12,23H,4,6H2,1-2H3,(H,22,26);6H,1-5H2/t12-;/m0./s1. The molecule has 196 valence electrons. The van der Waals surface area contributed by atoms with Crippen molar-refractivity contribution in [1.29, 1.82) is 0 Å². The number of nitrogens with one attached hydrogen (secondary N) is 2. The molecular formula is C25H28Cl2N6O4. The number of nitrogens with zero attached hydrogens (tertiary/aromatic N) is 4. The molecule has 0 aliphatic heterocycles. The number of amides is 1. The first-order valence-corrected chi connectivity index (χ1v) is 12.8. The minimum atomic E-state index is -0.377. The molecule has 5 rings (SSSR count). The van der Waals surface area contributed by atoms with Gasteiger partial charge in [-0.05, 0) is 60.5 Å². The first-order valence-electron chi connectivity index (χ1n) is 12.1. The molecule has 3 aromatic rings. The van der Waals surface area contributed by atoms with Crippen LogP contribution in [0.1, 0.15) is 76.5 Å². The molecule has 2 aliphatic rings. The van der Waals surface area contributed by atoms with Crippen LogP contribution in [0.5, 0.6) is 0 Å². The summed E-state index contributed by atoms with van der Waals surface area (Å²) in [5.41, 5.74) is 3.51. The molecule has 10 nitrogen and oxygen atoms in total. The van der Waals surface area contributed by atoms with Crippen molar-refractivity contribution < 1.29 is 19.1 Å². The van der Waals surface area contributed by atoms with Gasteiger partial charge in [-0.25, -0.2) is 19.4 Å². The maximum absolute atomic E-state index is 12.9. The number of hydrogen-bond acceptors (Lipinski definition) is 8. The molecule has 1 saturated carbocycles. The fourth-order valence-electron chi connectivity index (χ4n) is 4.84. The van der Waals surface area contributed by atoms with Gasteiger partial charge in [-0.1, -0.05) is 25.3 Å². The summed E-state index contributed by atoms with van der Waals surface area (Å²) in [6.07, 6.45) is 8.48. The van der Waals surface area contributed by atoms with Crippen molar-refractivity contribution in [3.8, 4) is 0 Å². The van der Waals surface area contributed by atoms with Crippen molar-refractivity contribution in [1.82, 2.24) is 25.1 Å². The maximum Gasteiger partial charge on any atom is 0.337 e. The Hall–Kier alpha value is -3.24. The average Bonchev–Trinajstić information content (AvgIpc) is 3.47. The number of benzene rings is 1. The molecule has 0 radical (unpaired) electrons. The zero-order valence-corrected chi connectivity index (χ0v) is 22.1. The van der Waals surface area contributed by atoms with Crippen LogP contribution >= 0.6 is 23.4 Å². The fraction of sp³-hybridized carbons (Fsp3) is 0.440. The largest absolute Gasteiger partial charge is 0.465 e. The van der Waals surface area contributed by atoms with Crippen LogP contribution in [0.15, 0.2) is 24.5 Å². The van der Waals surface area contributed by atoms with Crippen LogP contribution in [0.25, 0.3) is 11.0 Å². The molecular weight excluding hydrogens is 519 g/mol. The van der Waals surface area contributed by atoms with Crippen molar-refractivity contribution in [2.24, 2.45) is 13.0 Å². The number of esters is 1. The van der Waals surface area contributed by atoms with Crippen molar-refractivity contribution in [2.45, 2.75) is 51.0 Å². The Balaban J connectivity index is 0.000000301. The van der Waals surface area contributed by atoms with Crippen LogP contribution in [-0.4, -0.2) is 44.0 Å². The number of methoxy groups -OCH3 is 1. The fourth-order valence-corrected chi connectivity index (χ4v) is 5.27. The molecule has 0 saturated heterocycles. The van der Waals surface area contributed by atoms with Gasteiger partial charge in [-0.15, -0.1) is 0 Å². The zero-order valence-electron chi connectivity index (χ0n) is 20.6. The van der Waals surface area contributed by atoms with Gasteiger partial charge in [0, 0.05) is 24.7 Å². The van der Waals surface area contributed by atoms with E-state index in [1.165, 1.54) is 37.4 Å². The van der Waals surface area contributed by atoms with E-state index in [2.05, 4.69) is 25.2 Å². The van der Waals surface area contributed by atoms with Gasteiger partial charge in [0.05, 0.1) is 18.7 Å². The molecule has 37 heavy (non-hydrogen) atoms. The Labute approximate surface area is 224 Å². The Morgan fingerprint density at radius 2 is 1.84 bits per heavy atom. The van der Waals surface area contributed by atoms with E-state index in [4.69, 9.17) is 28.1 Å². The average molecular weight is 547 g/mol. The highest BCUT2D eigenvalue weighted by Gasteiger charge is 2.27. The smallest absolute Gasteiger partial charge is 0.337 e. The summed E-state index contributed by atoms with van der Waals surface area (Å²) in [6.45, 7) is 0. The number of ether oxygens (including phenoxy) is 1. The second kappa shape index (κ2) is 11.9. The number of halogens is 2. The van der Waals surface area contributed by atoms with Crippen molar-refractivity contribution >= 4 is 57.3 Å². The lowest BCUT2D eigenvalue weighted by atomic mass is 9.90. The SMILES string of the molecule is COC(=O)c1ccc2c(c1)CC[C@@H]2NC(=O)c1ncnc2c(NCl)n(C)nc12.O=C(Cl)C1CCCCC1. The highest BCUT2D eigenvalue weighted by atomic mass is 35.5. The summed E-state index contributed by atoms with van der Waals surface area (Å²) < 4.78 is 6.26. The first kappa shape index (κ1) is 26.8. The quantitative estimate of drug-likeness (QED) is 0.272. The number of hydrogen-bond donors (Lipinski definition) is 2. The second-order valence-electron chi connectivity index (χ2n) is 9.10. The lowest BCUT2D eigenvalue weighted by Crippen LogP contribution is -2.28. The normalized spacial score (nSPS) is 16.9. The second-order valence-corrected chi connectivity index (χ2v) is 9.66. The van der Waals surface area contributed by atoms with Gasteiger partial charge in [-0.2, -0.15) is 5.10 Å². The van der Waals surface area contributed by atoms with Crippen molar-refractivity contribution in [2.75, 3.05) is 11.9 Å². The summed E-state index contributed by atoms with van der Waals surface area (Å²) in [4.78, 5) is 45.9. The molecule has 1 aromatic carbocycles. The van der Waals surface area contributed by atoms with Crippen LogP contribution in [0.3, 0.4) is 0 Å². The van der Waals surface area contributed by atoms with Gasteiger partial charge in [0.15, 0.2) is 11.5 Å². The van der Waals surface area contributed by atoms with E-state index in [9.17, 15) is 14.4 Å². The molecule has 1 atom stereocenters. The molecule has 1 fully saturated rings. The third kappa shape index (κ3) is 5.86. The molecule has 0 spiro atoms. The highest BCUT2D eigenvalue weighted by molar-refractivity contribution is 6.63. The van der Waals surface area contributed by atoms with Gasteiger partial charge in [0.25, 0.3) is 5.91 Å². The van der Waals surface area contributed by atoms with E-state index in [0.29, 0.717) is 22.4 Å². The molecule has 2 aliphatic carbocycles. The van der Waals surface area contributed by atoms with Gasteiger partial charge in [-0.3, -0.25) is 14.4 Å². The van der Waals surface area contributed by atoms with E-state index >= 15 is 0 Å². The monoisotopic (exact) mass is 546 g/mol. The highest BCUT2D eigenvalue weighted by Crippen LogP contribution is 2.32. The molecule has 1 amide bonds. The summed E-state index contributed by atoms with van der Waals surface area (Å²) in [6, 6.07) is 5.20. The number of carbonyl (C=O) groups is 3. The topological polar surface area (TPSA) is 128 Å². The van der Waals surface area contributed by atoms with Gasteiger partial charge in [0.2, 0.25) is 5.24 Å². The van der Waals surface area contributed by atoms with Gasteiger partial charge < -0.3 is 10.1 Å². The third-order valence-electron chi connectivity index (χ3n) is 6.80. The number of carbonyl (C=O) groups excluding carboxylic acids is 3. The van der Waals surface area contributed by atoms with Crippen LogP contribution in [-0.2, 0) is 23.0 Å². The number of aromatic nitrogens is 4. The van der Waals surface area contributed by atoms with Crippen LogP contribution < -0.4 is 10.2 Å². The minimum Gasteiger partial charge on any atom is -0.465 e. The van der Waals surface area contributed by atoms with E-state index in [0.717, 1.165) is 36.8 Å². The number of fused-ring (bicyclic) bond motifs is 2. The lowest BCUT2D eigenvalue weighted by Gasteiger charge is -2.16. The third-order valence-corrected chi connectivity index (χ3v) is 7.29. The number of rotatable bonds is 5.